The fourth-order valence-corrected chi connectivity index (χ4v) is 5.97. The molecule has 0 aliphatic rings. The predicted octanol–water partition coefficient (Wildman–Crippen LogP) is 10.1. The normalized spacial score (nSPS) is 12.1. The van der Waals surface area contributed by atoms with Crippen LogP contribution < -0.4 is 0 Å². The molecule has 0 amide bonds. The average molecular weight is 544 g/mol. The highest BCUT2D eigenvalue weighted by atomic mass is 32.1. The second-order valence-corrected chi connectivity index (χ2v) is 11.0. The van der Waals surface area contributed by atoms with Crippen LogP contribution in [0.2, 0.25) is 0 Å². The predicted molar refractivity (Wildman–Crippen MR) is 145 cm³/mol. The number of azo groups is 1. The van der Waals surface area contributed by atoms with E-state index in [1.807, 2.05) is 18.2 Å². The van der Waals surface area contributed by atoms with Gasteiger partial charge in [0.2, 0.25) is 0 Å². The van der Waals surface area contributed by atoms with Crippen LogP contribution in [0.15, 0.2) is 64.8 Å². The molecule has 0 saturated carbocycles. The number of thiazole rings is 1. The Morgan fingerprint density at radius 1 is 0.892 bits per heavy atom. The number of Topliss-reactive ketones (excluding diaryl/α,β-unsaturated/α-hetero) is 1. The van der Waals surface area contributed by atoms with Crippen LogP contribution in [0.25, 0.3) is 9.53 Å². The first-order valence-electron chi connectivity index (χ1n) is 12.4. The van der Waals surface area contributed by atoms with Gasteiger partial charge in [-0.25, -0.2) is 4.98 Å². The minimum atomic E-state index is -4.42. The van der Waals surface area contributed by atoms with E-state index < -0.39 is 11.7 Å². The first-order chi connectivity index (χ1) is 17.8. The van der Waals surface area contributed by atoms with Crippen molar-refractivity contribution in [2.75, 3.05) is 0 Å². The first-order valence-corrected chi connectivity index (χ1v) is 14.1. The van der Waals surface area contributed by atoms with Gasteiger partial charge in [-0.05, 0) is 48.7 Å². The topological polar surface area (TPSA) is 54.7 Å². The van der Waals surface area contributed by atoms with E-state index in [1.54, 1.807) is 0 Å². The Hall–Kier alpha value is -2.91. The van der Waals surface area contributed by atoms with E-state index >= 15 is 0 Å². The molecule has 0 bridgehead atoms. The summed E-state index contributed by atoms with van der Waals surface area (Å²) in [5.41, 5.74) is 1.57. The lowest BCUT2D eigenvalue weighted by Crippen LogP contribution is -2.07. The Morgan fingerprint density at radius 2 is 1.59 bits per heavy atom. The van der Waals surface area contributed by atoms with Gasteiger partial charge in [0.25, 0.3) is 0 Å². The average Bonchev–Trinajstić information content (AvgIpc) is 3.43. The molecule has 4 rings (SSSR count). The van der Waals surface area contributed by atoms with Crippen LogP contribution in [0.4, 0.5) is 23.9 Å². The Morgan fingerprint density at radius 3 is 2.27 bits per heavy atom. The number of carbonyl (C=O) groups is 1. The standard InChI is InChI=1S/C28H28F3N3OS2/c1-2-3-4-5-6-7-8-19-9-15-22(16-10-19)33-34-26-18-24-27(37-26)32-25(36-24)17-23(35)20-11-13-21(14-12-20)28(29,30)31/h9-16,18H,2-8,17H2,1H3. The monoisotopic (exact) mass is 543 g/mol. The van der Waals surface area contributed by atoms with E-state index in [0.29, 0.717) is 5.01 Å². The van der Waals surface area contributed by atoms with Gasteiger partial charge in [-0.3, -0.25) is 4.79 Å². The van der Waals surface area contributed by atoms with Crippen molar-refractivity contribution >= 4 is 48.7 Å². The fourth-order valence-electron chi connectivity index (χ4n) is 3.92. The van der Waals surface area contributed by atoms with Gasteiger partial charge >= 0.3 is 6.18 Å². The van der Waals surface area contributed by atoms with Crippen molar-refractivity contribution < 1.29 is 18.0 Å². The van der Waals surface area contributed by atoms with Gasteiger partial charge < -0.3 is 0 Å². The van der Waals surface area contributed by atoms with E-state index in [1.165, 1.54) is 78.9 Å². The highest BCUT2D eigenvalue weighted by Gasteiger charge is 2.30. The number of nitrogens with zero attached hydrogens (tertiary/aromatic N) is 3. The quantitative estimate of drug-likeness (QED) is 0.101. The highest BCUT2D eigenvalue weighted by molar-refractivity contribution is 7.29. The first kappa shape index (κ1) is 27.1. The summed E-state index contributed by atoms with van der Waals surface area (Å²) < 4.78 is 39.1. The number of alkyl halides is 3. The molecule has 9 heteroatoms. The molecule has 0 aliphatic heterocycles. The van der Waals surface area contributed by atoms with Crippen molar-refractivity contribution in [1.29, 1.82) is 0 Å². The third kappa shape index (κ3) is 7.79. The summed E-state index contributed by atoms with van der Waals surface area (Å²) in [5.74, 6) is -0.269. The lowest BCUT2D eigenvalue weighted by molar-refractivity contribution is -0.137. The van der Waals surface area contributed by atoms with E-state index in [-0.39, 0.29) is 17.8 Å². The second kappa shape index (κ2) is 12.6. The highest BCUT2D eigenvalue weighted by Crippen LogP contribution is 2.36. The molecule has 0 saturated heterocycles. The Labute approximate surface area is 222 Å². The summed E-state index contributed by atoms with van der Waals surface area (Å²) >= 11 is 2.77. The zero-order valence-electron chi connectivity index (χ0n) is 20.6. The van der Waals surface area contributed by atoms with Gasteiger partial charge in [0, 0.05) is 5.56 Å². The smallest absolute Gasteiger partial charge is 0.294 e. The van der Waals surface area contributed by atoms with Crippen molar-refractivity contribution in [1.82, 2.24) is 4.98 Å². The fraction of sp³-hybridized carbons (Fsp3) is 0.357. The molecule has 2 aromatic carbocycles. The largest absolute Gasteiger partial charge is 0.416 e. The molecule has 0 radical (unpaired) electrons. The van der Waals surface area contributed by atoms with Gasteiger partial charge in [0.15, 0.2) is 5.78 Å². The van der Waals surface area contributed by atoms with Crippen LogP contribution in [0.1, 0.15) is 71.9 Å². The van der Waals surface area contributed by atoms with Crippen molar-refractivity contribution in [3.05, 3.63) is 76.3 Å². The van der Waals surface area contributed by atoms with E-state index in [4.69, 9.17) is 0 Å². The third-order valence-corrected chi connectivity index (χ3v) is 8.03. The molecular formula is C28H28F3N3OS2. The number of hydrogen-bond donors (Lipinski definition) is 0. The second-order valence-electron chi connectivity index (χ2n) is 8.92. The van der Waals surface area contributed by atoms with E-state index in [9.17, 15) is 18.0 Å². The molecule has 37 heavy (non-hydrogen) atoms. The number of carbonyl (C=O) groups excluding carboxylic acids is 1. The molecule has 194 valence electrons. The van der Waals surface area contributed by atoms with E-state index in [2.05, 4.69) is 34.3 Å². The number of unbranched alkanes of at least 4 members (excludes halogenated alkanes) is 5. The van der Waals surface area contributed by atoms with Crippen LogP contribution in [0.3, 0.4) is 0 Å². The molecule has 0 fully saturated rings. The number of rotatable bonds is 12. The molecule has 0 atom stereocenters. The lowest BCUT2D eigenvalue weighted by atomic mass is 10.0. The number of ketones is 1. The Balaban J connectivity index is 1.30. The van der Waals surface area contributed by atoms with Gasteiger partial charge in [-0.2, -0.15) is 13.2 Å². The SMILES string of the molecule is CCCCCCCCc1ccc(N=Nc2cc3sc(CC(=O)c4ccc(C(F)(F)F)cc4)nc3s2)cc1. The Bertz CT molecular complexity index is 1310. The molecule has 0 N–H and O–H groups in total. The minimum absolute atomic E-state index is 0.0410. The maximum absolute atomic E-state index is 12.7. The third-order valence-electron chi connectivity index (χ3n) is 5.99. The van der Waals surface area contributed by atoms with Gasteiger partial charge in [0.05, 0.1) is 22.4 Å². The van der Waals surface area contributed by atoms with Crippen LogP contribution in [-0.4, -0.2) is 10.8 Å². The zero-order chi connectivity index (χ0) is 26.3. The van der Waals surface area contributed by atoms with Gasteiger partial charge in [-0.1, -0.05) is 74.6 Å². The van der Waals surface area contributed by atoms with Crippen molar-refractivity contribution in [2.24, 2.45) is 10.2 Å². The van der Waals surface area contributed by atoms with Gasteiger partial charge in [0.1, 0.15) is 14.8 Å². The molecule has 2 aromatic heterocycles. The van der Waals surface area contributed by atoms with E-state index in [0.717, 1.165) is 38.8 Å². The molecule has 2 heterocycles. The molecule has 0 spiro atoms. The van der Waals surface area contributed by atoms with Crippen molar-refractivity contribution in [3.8, 4) is 0 Å². The van der Waals surface area contributed by atoms with Crippen molar-refractivity contribution in [2.45, 2.75) is 64.5 Å². The van der Waals surface area contributed by atoms with Crippen LogP contribution in [-0.2, 0) is 19.0 Å². The van der Waals surface area contributed by atoms with Crippen LogP contribution >= 0.6 is 22.7 Å². The number of halogens is 3. The van der Waals surface area contributed by atoms with Crippen LogP contribution in [0.5, 0.6) is 0 Å². The number of thiophene rings is 1. The molecule has 4 aromatic rings. The summed E-state index contributed by atoms with van der Waals surface area (Å²) in [6.07, 6.45) is 4.42. The van der Waals surface area contributed by atoms with Crippen molar-refractivity contribution in [3.63, 3.8) is 0 Å². The summed E-state index contributed by atoms with van der Waals surface area (Å²) in [4.78, 5) is 17.8. The number of benzene rings is 2. The molecule has 0 aliphatic carbocycles. The number of hydrogen-bond acceptors (Lipinski definition) is 6. The maximum Gasteiger partial charge on any atom is 0.416 e. The zero-order valence-corrected chi connectivity index (χ0v) is 22.2. The number of aromatic nitrogens is 1. The summed E-state index contributed by atoms with van der Waals surface area (Å²) in [6.45, 7) is 2.23. The molecular weight excluding hydrogens is 515 g/mol. The molecule has 0 unspecified atom stereocenters. The number of aryl methyl sites for hydroxylation is 1. The van der Waals surface area contributed by atoms with Crippen LogP contribution in [0, 0.1) is 0 Å². The minimum Gasteiger partial charge on any atom is -0.294 e. The Kier molecular flexibility index (Phi) is 9.21. The lowest BCUT2D eigenvalue weighted by Gasteiger charge is -2.06. The summed E-state index contributed by atoms with van der Waals surface area (Å²) in [7, 11) is 0. The molecule has 4 nitrogen and oxygen atoms in total. The summed E-state index contributed by atoms with van der Waals surface area (Å²) in [5, 5.41) is 10.0. The number of fused-ring (bicyclic) bond motifs is 1. The summed E-state index contributed by atoms with van der Waals surface area (Å²) in [6, 6.07) is 14.3. The maximum atomic E-state index is 12.7. The van der Waals surface area contributed by atoms with Gasteiger partial charge in [-0.15, -0.1) is 21.6 Å².